The average molecular weight is 436 g/mol. The summed E-state index contributed by atoms with van der Waals surface area (Å²) < 4.78 is 24.0. The van der Waals surface area contributed by atoms with Crippen molar-refractivity contribution in [3.8, 4) is 23.0 Å². The molecule has 6 nitrogen and oxygen atoms in total. The topological polar surface area (TPSA) is 58.9 Å². The van der Waals surface area contributed by atoms with Crippen LogP contribution < -0.4 is 24.5 Å². The van der Waals surface area contributed by atoms with E-state index in [0.717, 1.165) is 46.2 Å². The quantitative estimate of drug-likeness (QED) is 0.269. The number of unbranched alkanes of at least 4 members (excludes halogenated alkanes) is 2. The van der Waals surface area contributed by atoms with E-state index in [1.807, 2.05) is 36.5 Å². The van der Waals surface area contributed by atoms with Crippen molar-refractivity contribution in [1.82, 2.24) is 4.57 Å². The first-order valence-corrected chi connectivity index (χ1v) is 10.8. The van der Waals surface area contributed by atoms with Gasteiger partial charge >= 0.3 is 0 Å². The average Bonchev–Trinajstić information content (AvgIpc) is 2.83. The molecule has 0 N–H and O–H groups in total. The Morgan fingerprint density at radius 2 is 1.16 bits per heavy atom. The Hall–Kier alpha value is -3.41. The van der Waals surface area contributed by atoms with Crippen LogP contribution >= 0.6 is 0 Å². The summed E-state index contributed by atoms with van der Waals surface area (Å²) in [5, 5.41) is 5.14. The number of aromatic nitrogens is 1. The summed E-state index contributed by atoms with van der Waals surface area (Å²) >= 11 is 0. The number of methoxy groups -OCH3 is 4. The summed E-state index contributed by atoms with van der Waals surface area (Å²) in [5.41, 5.74) is -0.00694. The molecule has 1 aromatic heterocycles. The molecule has 0 aliphatic rings. The fraction of sp³-hybridized carbons (Fsp3) is 0.346. The van der Waals surface area contributed by atoms with Crippen LogP contribution in [0.15, 0.2) is 41.3 Å². The lowest BCUT2D eigenvalue weighted by Gasteiger charge is -2.17. The molecule has 3 aromatic carbocycles. The van der Waals surface area contributed by atoms with Gasteiger partial charge in [-0.3, -0.25) is 4.79 Å². The van der Waals surface area contributed by atoms with Gasteiger partial charge in [-0.05, 0) is 63.7 Å². The highest BCUT2D eigenvalue weighted by atomic mass is 16.5. The van der Waals surface area contributed by atoms with Crippen molar-refractivity contribution in [3.63, 3.8) is 0 Å². The smallest absolute Gasteiger partial charge is 0.259 e. The van der Waals surface area contributed by atoms with Gasteiger partial charge in [0, 0.05) is 12.7 Å². The third-order valence-corrected chi connectivity index (χ3v) is 6.06. The second-order valence-corrected chi connectivity index (χ2v) is 7.82. The van der Waals surface area contributed by atoms with E-state index >= 15 is 0 Å². The van der Waals surface area contributed by atoms with Crippen molar-refractivity contribution in [2.75, 3.05) is 28.4 Å². The SMILES string of the molecule is CCCCCn1ccc2c3cc(OC)c(OC)cc3c3cc(OC)c(OC)cc3c2c1=O. The fourth-order valence-corrected chi connectivity index (χ4v) is 4.40. The summed E-state index contributed by atoms with van der Waals surface area (Å²) in [4.78, 5) is 13.6. The molecule has 0 saturated carbocycles. The van der Waals surface area contributed by atoms with Gasteiger partial charge in [0.1, 0.15) is 0 Å². The van der Waals surface area contributed by atoms with Crippen LogP contribution in [0.5, 0.6) is 23.0 Å². The summed E-state index contributed by atoms with van der Waals surface area (Å²) in [7, 11) is 6.44. The van der Waals surface area contributed by atoms with Gasteiger partial charge in [0.15, 0.2) is 23.0 Å². The number of ether oxygens (including phenoxy) is 4. The second-order valence-electron chi connectivity index (χ2n) is 7.82. The van der Waals surface area contributed by atoms with E-state index in [4.69, 9.17) is 18.9 Å². The first-order chi connectivity index (χ1) is 15.6. The number of aryl methyl sites for hydroxylation is 1. The van der Waals surface area contributed by atoms with Gasteiger partial charge in [-0.15, -0.1) is 0 Å². The van der Waals surface area contributed by atoms with Crippen molar-refractivity contribution >= 4 is 32.3 Å². The standard InChI is InChI=1S/C26H29NO5/c1-6-7-8-10-27-11-9-16-17-12-21(29-2)22(30-3)13-18(17)19-14-23(31-4)24(32-5)15-20(19)25(16)26(27)28/h9,11-15H,6-8,10H2,1-5H3. The van der Waals surface area contributed by atoms with Crippen LogP contribution in [0.1, 0.15) is 26.2 Å². The zero-order valence-electron chi connectivity index (χ0n) is 19.3. The molecule has 0 aliphatic heterocycles. The molecule has 6 heteroatoms. The van der Waals surface area contributed by atoms with Crippen molar-refractivity contribution in [3.05, 3.63) is 46.9 Å². The van der Waals surface area contributed by atoms with Gasteiger partial charge in [0.2, 0.25) is 0 Å². The largest absolute Gasteiger partial charge is 0.493 e. The predicted molar refractivity (Wildman–Crippen MR) is 129 cm³/mol. The molecule has 4 aromatic rings. The van der Waals surface area contributed by atoms with Crippen LogP contribution in [0.4, 0.5) is 0 Å². The monoisotopic (exact) mass is 435 g/mol. The Morgan fingerprint density at radius 1 is 0.688 bits per heavy atom. The summed E-state index contributed by atoms with van der Waals surface area (Å²) in [5.74, 6) is 2.44. The number of pyridine rings is 1. The molecule has 0 radical (unpaired) electrons. The molecule has 0 aliphatic carbocycles. The Morgan fingerprint density at radius 3 is 1.66 bits per heavy atom. The van der Waals surface area contributed by atoms with Crippen molar-refractivity contribution in [1.29, 1.82) is 0 Å². The Bertz CT molecular complexity index is 1360. The van der Waals surface area contributed by atoms with Crippen LogP contribution in [0.3, 0.4) is 0 Å². The van der Waals surface area contributed by atoms with E-state index in [1.165, 1.54) is 0 Å². The normalized spacial score (nSPS) is 11.3. The van der Waals surface area contributed by atoms with E-state index in [2.05, 4.69) is 6.92 Å². The number of nitrogens with zero attached hydrogens (tertiary/aromatic N) is 1. The van der Waals surface area contributed by atoms with E-state index in [9.17, 15) is 4.79 Å². The molecular formula is C26H29NO5. The summed E-state index contributed by atoms with van der Waals surface area (Å²) in [6.45, 7) is 2.85. The van der Waals surface area contributed by atoms with Crippen LogP contribution in [-0.4, -0.2) is 33.0 Å². The van der Waals surface area contributed by atoms with E-state index in [-0.39, 0.29) is 5.56 Å². The second kappa shape index (κ2) is 8.99. The van der Waals surface area contributed by atoms with Crippen molar-refractivity contribution in [2.45, 2.75) is 32.7 Å². The van der Waals surface area contributed by atoms with Gasteiger partial charge in [0.05, 0.1) is 33.8 Å². The lowest BCUT2D eigenvalue weighted by Crippen LogP contribution is -2.20. The maximum absolute atomic E-state index is 13.6. The number of fused-ring (bicyclic) bond motifs is 6. The highest BCUT2D eigenvalue weighted by molar-refractivity contribution is 6.26. The highest BCUT2D eigenvalue weighted by Gasteiger charge is 2.18. The van der Waals surface area contributed by atoms with Crippen LogP contribution in [-0.2, 0) is 6.54 Å². The molecule has 0 atom stereocenters. The molecule has 0 fully saturated rings. The maximum Gasteiger partial charge on any atom is 0.259 e. The van der Waals surface area contributed by atoms with E-state index < -0.39 is 0 Å². The molecule has 1 heterocycles. The van der Waals surface area contributed by atoms with Crippen molar-refractivity contribution in [2.24, 2.45) is 0 Å². The number of rotatable bonds is 8. The van der Waals surface area contributed by atoms with Crippen molar-refractivity contribution < 1.29 is 18.9 Å². The minimum absolute atomic E-state index is 0.00694. The first kappa shape index (κ1) is 21.8. The van der Waals surface area contributed by atoms with E-state index in [0.29, 0.717) is 34.9 Å². The molecule has 0 bridgehead atoms. The van der Waals surface area contributed by atoms with Gasteiger partial charge < -0.3 is 23.5 Å². The molecular weight excluding hydrogens is 406 g/mol. The van der Waals surface area contributed by atoms with Gasteiger partial charge in [-0.2, -0.15) is 0 Å². The zero-order valence-corrected chi connectivity index (χ0v) is 19.3. The lowest BCUT2D eigenvalue weighted by molar-refractivity contribution is 0.355. The summed E-state index contributed by atoms with van der Waals surface area (Å²) in [6, 6.07) is 9.73. The number of benzene rings is 3. The molecule has 0 unspecified atom stereocenters. The van der Waals surface area contributed by atoms with Crippen LogP contribution in [0.2, 0.25) is 0 Å². The van der Waals surface area contributed by atoms with E-state index in [1.54, 1.807) is 33.0 Å². The number of hydrogen-bond donors (Lipinski definition) is 0. The third-order valence-electron chi connectivity index (χ3n) is 6.06. The molecule has 168 valence electrons. The van der Waals surface area contributed by atoms with Gasteiger partial charge in [0.25, 0.3) is 5.56 Å². The first-order valence-electron chi connectivity index (χ1n) is 10.8. The zero-order chi connectivity index (χ0) is 22.8. The molecule has 0 saturated heterocycles. The molecule has 4 rings (SSSR count). The predicted octanol–water partition coefficient (Wildman–Crippen LogP) is 5.53. The maximum atomic E-state index is 13.6. The van der Waals surface area contributed by atoms with Gasteiger partial charge in [-0.1, -0.05) is 19.8 Å². The third kappa shape index (κ3) is 3.49. The fourth-order valence-electron chi connectivity index (χ4n) is 4.40. The summed E-state index contributed by atoms with van der Waals surface area (Å²) in [6.07, 6.45) is 5.05. The Balaban J connectivity index is 2.18. The minimum atomic E-state index is -0.00694. The van der Waals surface area contributed by atoms with Crippen LogP contribution in [0.25, 0.3) is 32.3 Å². The minimum Gasteiger partial charge on any atom is -0.493 e. The van der Waals surface area contributed by atoms with Crippen LogP contribution in [0, 0.1) is 0 Å². The Kier molecular flexibility index (Phi) is 6.12. The number of hydrogen-bond acceptors (Lipinski definition) is 5. The lowest BCUT2D eigenvalue weighted by atomic mass is 9.94. The molecule has 0 spiro atoms. The molecule has 0 amide bonds. The van der Waals surface area contributed by atoms with Gasteiger partial charge in [-0.25, -0.2) is 0 Å². The molecule has 32 heavy (non-hydrogen) atoms. The highest BCUT2D eigenvalue weighted by Crippen LogP contribution is 2.43. The Labute approximate surface area is 187 Å².